The van der Waals surface area contributed by atoms with Crippen molar-refractivity contribution < 1.29 is 4.74 Å². The van der Waals surface area contributed by atoms with Gasteiger partial charge in [-0.2, -0.15) is 0 Å². The van der Waals surface area contributed by atoms with Gasteiger partial charge in [0.1, 0.15) is 5.82 Å². The zero-order valence-electron chi connectivity index (χ0n) is 9.20. The van der Waals surface area contributed by atoms with Gasteiger partial charge in [0, 0.05) is 19.9 Å². The van der Waals surface area contributed by atoms with Crippen LogP contribution < -0.4 is 5.32 Å². The Bertz CT molecular complexity index is 293. The number of ether oxygens (including phenoxy) is 1. The summed E-state index contributed by atoms with van der Waals surface area (Å²) in [4.78, 5) is 4.23. The van der Waals surface area contributed by atoms with E-state index in [4.69, 9.17) is 4.74 Å². The van der Waals surface area contributed by atoms with Crippen molar-refractivity contribution in [3.63, 3.8) is 0 Å². The van der Waals surface area contributed by atoms with Crippen molar-refractivity contribution in [3.8, 4) is 0 Å². The van der Waals surface area contributed by atoms with E-state index in [-0.39, 0.29) is 0 Å². The van der Waals surface area contributed by atoms with Crippen molar-refractivity contribution in [2.24, 2.45) is 5.92 Å². The number of aromatic nitrogens is 1. The maximum atomic E-state index is 5.58. The first-order valence-electron chi connectivity index (χ1n) is 5.59. The van der Waals surface area contributed by atoms with Crippen LogP contribution in [-0.4, -0.2) is 18.6 Å². The molecule has 1 aromatic rings. The van der Waals surface area contributed by atoms with E-state index in [1.807, 2.05) is 19.3 Å². The first-order chi connectivity index (χ1) is 7.38. The molecule has 0 radical (unpaired) electrons. The van der Waals surface area contributed by atoms with Crippen LogP contribution in [0.25, 0.3) is 0 Å². The lowest BCUT2D eigenvalue weighted by atomic mass is 10.3. The maximum absolute atomic E-state index is 5.58. The second-order valence-corrected chi connectivity index (χ2v) is 4.09. The number of nitrogens with one attached hydrogen (secondary N) is 1. The summed E-state index contributed by atoms with van der Waals surface area (Å²) >= 11 is 0. The van der Waals surface area contributed by atoms with Crippen molar-refractivity contribution in [1.29, 1.82) is 0 Å². The van der Waals surface area contributed by atoms with Crippen molar-refractivity contribution >= 4 is 5.82 Å². The van der Waals surface area contributed by atoms with Crippen LogP contribution in [0.4, 0.5) is 5.82 Å². The minimum atomic E-state index is 0.684. The van der Waals surface area contributed by atoms with E-state index in [1.54, 1.807) is 0 Å². The summed E-state index contributed by atoms with van der Waals surface area (Å²) in [5, 5.41) is 2.99. The summed E-state index contributed by atoms with van der Waals surface area (Å²) in [6.45, 7) is 1.57. The van der Waals surface area contributed by atoms with Gasteiger partial charge in [-0.3, -0.25) is 0 Å². The number of rotatable bonds is 6. The zero-order valence-corrected chi connectivity index (χ0v) is 9.20. The average Bonchev–Trinajstić information content (AvgIpc) is 3.09. The Hall–Kier alpha value is -1.09. The standard InChI is InChI=1S/C12H18N2O/c1-13-12-5-4-11(8-14-12)9-15-7-6-10-2-3-10/h4-5,8,10H,2-3,6-7,9H2,1H3,(H,13,14). The van der Waals surface area contributed by atoms with Gasteiger partial charge >= 0.3 is 0 Å². The lowest BCUT2D eigenvalue weighted by Crippen LogP contribution is -1.98. The predicted molar refractivity (Wildman–Crippen MR) is 60.8 cm³/mol. The molecule has 0 saturated heterocycles. The summed E-state index contributed by atoms with van der Waals surface area (Å²) in [5.74, 6) is 1.85. The van der Waals surface area contributed by atoms with Crippen LogP contribution in [-0.2, 0) is 11.3 Å². The minimum absolute atomic E-state index is 0.684. The van der Waals surface area contributed by atoms with Gasteiger partial charge in [0.25, 0.3) is 0 Å². The van der Waals surface area contributed by atoms with Gasteiger partial charge < -0.3 is 10.1 Å². The molecule has 0 amide bonds. The van der Waals surface area contributed by atoms with Crippen molar-refractivity contribution in [1.82, 2.24) is 4.98 Å². The Morgan fingerprint density at radius 2 is 2.33 bits per heavy atom. The average molecular weight is 206 g/mol. The molecular formula is C12H18N2O. The van der Waals surface area contributed by atoms with E-state index in [0.29, 0.717) is 6.61 Å². The highest BCUT2D eigenvalue weighted by Crippen LogP contribution is 2.32. The van der Waals surface area contributed by atoms with E-state index < -0.39 is 0 Å². The van der Waals surface area contributed by atoms with Crippen molar-refractivity contribution in [2.45, 2.75) is 25.9 Å². The molecule has 1 aliphatic rings. The number of hydrogen-bond donors (Lipinski definition) is 1. The van der Waals surface area contributed by atoms with Gasteiger partial charge in [-0.25, -0.2) is 4.98 Å². The van der Waals surface area contributed by atoms with Crippen LogP contribution in [0.5, 0.6) is 0 Å². The van der Waals surface area contributed by atoms with Gasteiger partial charge in [0.2, 0.25) is 0 Å². The van der Waals surface area contributed by atoms with Crippen LogP contribution in [0.15, 0.2) is 18.3 Å². The van der Waals surface area contributed by atoms with E-state index in [1.165, 1.54) is 19.3 Å². The van der Waals surface area contributed by atoms with Crippen LogP contribution in [0, 0.1) is 5.92 Å². The molecule has 3 nitrogen and oxygen atoms in total. The fraction of sp³-hybridized carbons (Fsp3) is 0.583. The van der Waals surface area contributed by atoms with Crippen molar-refractivity contribution in [3.05, 3.63) is 23.9 Å². The highest BCUT2D eigenvalue weighted by Gasteiger charge is 2.20. The SMILES string of the molecule is CNc1ccc(COCCC2CC2)cn1. The number of anilines is 1. The molecule has 3 heteroatoms. The molecule has 1 N–H and O–H groups in total. The molecule has 1 heterocycles. The Kier molecular flexibility index (Phi) is 3.56. The van der Waals surface area contributed by atoms with Gasteiger partial charge in [-0.1, -0.05) is 18.9 Å². The zero-order chi connectivity index (χ0) is 10.5. The largest absolute Gasteiger partial charge is 0.377 e. The Morgan fingerprint density at radius 3 is 2.93 bits per heavy atom. The van der Waals surface area contributed by atoms with E-state index in [2.05, 4.69) is 16.4 Å². The van der Waals surface area contributed by atoms with E-state index in [9.17, 15) is 0 Å². The summed E-state index contributed by atoms with van der Waals surface area (Å²) < 4.78 is 5.58. The van der Waals surface area contributed by atoms with Crippen LogP contribution >= 0.6 is 0 Å². The molecule has 82 valence electrons. The van der Waals surface area contributed by atoms with Gasteiger partial charge in [0.15, 0.2) is 0 Å². The van der Waals surface area contributed by atoms with Gasteiger partial charge in [-0.05, 0) is 24.0 Å². The third-order valence-electron chi connectivity index (χ3n) is 2.72. The summed E-state index contributed by atoms with van der Waals surface area (Å²) in [5.41, 5.74) is 1.14. The molecule has 0 aliphatic heterocycles. The summed E-state index contributed by atoms with van der Waals surface area (Å²) in [6, 6.07) is 4.02. The van der Waals surface area contributed by atoms with Crippen molar-refractivity contribution in [2.75, 3.05) is 19.0 Å². The monoisotopic (exact) mass is 206 g/mol. The molecule has 0 unspecified atom stereocenters. The summed E-state index contributed by atoms with van der Waals surface area (Å²) in [6.07, 6.45) is 5.90. The van der Waals surface area contributed by atoms with Gasteiger partial charge in [-0.15, -0.1) is 0 Å². The lowest BCUT2D eigenvalue weighted by Gasteiger charge is -2.04. The molecule has 0 bridgehead atoms. The fourth-order valence-corrected chi connectivity index (χ4v) is 1.50. The number of nitrogens with zero attached hydrogens (tertiary/aromatic N) is 1. The van der Waals surface area contributed by atoms with Crippen LogP contribution in [0.2, 0.25) is 0 Å². The van der Waals surface area contributed by atoms with Crippen LogP contribution in [0.1, 0.15) is 24.8 Å². The highest BCUT2D eigenvalue weighted by atomic mass is 16.5. The van der Waals surface area contributed by atoms with E-state index >= 15 is 0 Å². The molecule has 0 aromatic carbocycles. The molecule has 1 saturated carbocycles. The van der Waals surface area contributed by atoms with Crippen LogP contribution in [0.3, 0.4) is 0 Å². The third kappa shape index (κ3) is 3.51. The topological polar surface area (TPSA) is 34.1 Å². The Balaban J connectivity index is 1.67. The van der Waals surface area contributed by atoms with Gasteiger partial charge in [0.05, 0.1) is 6.61 Å². The number of pyridine rings is 1. The lowest BCUT2D eigenvalue weighted by molar-refractivity contribution is 0.115. The van der Waals surface area contributed by atoms with E-state index in [0.717, 1.165) is 23.9 Å². The molecule has 1 fully saturated rings. The maximum Gasteiger partial charge on any atom is 0.125 e. The fourth-order valence-electron chi connectivity index (χ4n) is 1.50. The molecule has 1 aliphatic carbocycles. The number of hydrogen-bond acceptors (Lipinski definition) is 3. The Labute approximate surface area is 90.9 Å². The quantitative estimate of drug-likeness (QED) is 0.726. The molecule has 15 heavy (non-hydrogen) atoms. The normalized spacial score (nSPS) is 15.3. The second-order valence-electron chi connectivity index (χ2n) is 4.09. The minimum Gasteiger partial charge on any atom is -0.377 e. The molecule has 1 aromatic heterocycles. The third-order valence-corrected chi connectivity index (χ3v) is 2.72. The molecule has 0 spiro atoms. The molecule has 2 rings (SSSR count). The first-order valence-corrected chi connectivity index (χ1v) is 5.59. The predicted octanol–water partition coefficient (Wildman–Crippen LogP) is 2.44. The molecule has 0 atom stereocenters. The molecular weight excluding hydrogens is 188 g/mol. The Morgan fingerprint density at radius 1 is 1.47 bits per heavy atom. The second kappa shape index (κ2) is 5.12. The highest BCUT2D eigenvalue weighted by molar-refractivity contribution is 5.34. The summed E-state index contributed by atoms with van der Waals surface area (Å²) in [7, 11) is 1.87. The first kappa shape index (κ1) is 10.4. The smallest absolute Gasteiger partial charge is 0.125 e.